The Labute approximate surface area is 119 Å². The average Bonchev–Trinajstić information content (AvgIpc) is 2.40. The maximum Gasteiger partial charge on any atom is 0.131 e. The van der Waals surface area contributed by atoms with Crippen molar-refractivity contribution in [3.05, 3.63) is 58.1 Å². The summed E-state index contributed by atoms with van der Waals surface area (Å²) in [5.74, 6) is -0.736. The molecule has 2 rings (SSSR count). The third kappa shape index (κ3) is 3.01. The van der Waals surface area contributed by atoms with E-state index in [4.69, 9.17) is 0 Å². The van der Waals surface area contributed by atoms with Crippen LogP contribution < -0.4 is 5.32 Å². The molecule has 1 nitrogen and oxygen atoms in total. The van der Waals surface area contributed by atoms with Crippen LogP contribution in [0.4, 0.5) is 8.78 Å². The van der Waals surface area contributed by atoms with E-state index in [1.807, 2.05) is 14.0 Å². The molecular formula is C15H14BrF2N. The summed E-state index contributed by atoms with van der Waals surface area (Å²) in [6, 6.07) is 9.12. The summed E-state index contributed by atoms with van der Waals surface area (Å²) < 4.78 is 28.2. The second-order valence-electron chi connectivity index (χ2n) is 4.37. The molecule has 1 atom stereocenters. The average molecular weight is 326 g/mol. The molecular weight excluding hydrogens is 312 g/mol. The van der Waals surface area contributed by atoms with E-state index >= 15 is 0 Å². The highest BCUT2D eigenvalue weighted by Crippen LogP contribution is 2.32. The van der Waals surface area contributed by atoms with Crippen molar-refractivity contribution in [3.8, 4) is 11.1 Å². The summed E-state index contributed by atoms with van der Waals surface area (Å²) in [5, 5.41) is 3.09. The highest BCUT2D eigenvalue weighted by molar-refractivity contribution is 9.10. The molecule has 2 aromatic rings. The molecule has 0 aliphatic carbocycles. The van der Waals surface area contributed by atoms with Gasteiger partial charge in [-0.05, 0) is 55.4 Å². The van der Waals surface area contributed by atoms with Crippen LogP contribution in [0.1, 0.15) is 18.5 Å². The maximum absolute atomic E-state index is 14.0. The zero-order chi connectivity index (χ0) is 14.0. The molecule has 0 saturated heterocycles. The quantitative estimate of drug-likeness (QED) is 0.864. The van der Waals surface area contributed by atoms with Gasteiger partial charge in [-0.2, -0.15) is 0 Å². The summed E-state index contributed by atoms with van der Waals surface area (Å²) in [5.41, 5.74) is 1.83. The summed E-state index contributed by atoms with van der Waals surface area (Å²) in [6.45, 7) is 1.95. The Morgan fingerprint density at radius 2 is 1.79 bits per heavy atom. The van der Waals surface area contributed by atoms with Crippen molar-refractivity contribution < 1.29 is 8.78 Å². The number of benzene rings is 2. The lowest BCUT2D eigenvalue weighted by Crippen LogP contribution is -2.13. The zero-order valence-electron chi connectivity index (χ0n) is 10.7. The van der Waals surface area contributed by atoms with Crippen LogP contribution in [-0.4, -0.2) is 7.05 Å². The van der Waals surface area contributed by atoms with Gasteiger partial charge in [0.25, 0.3) is 0 Å². The molecule has 4 heteroatoms. The summed E-state index contributed by atoms with van der Waals surface area (Å²) in [4.78, 5) is 0. The van der Waals surface area contributed by atoms with Gasteiger partial charge < -0.3 is 5.32 Å². The Hall–Kier alpha value is -1.26. The highest BCUT2D eigenvalue weighted by Gasteiger charge is 2.15. The minimum atomic E-state index is -0.374. The highest BCUT2D eigenvalue weighted by atomic mass is 79.9. The van der Waals surface area contributed by atoms with E-state index in [1.54, 1.807) is 18.2 Å². The van der Waals surface area contributed by atoms with Crippen molar-refractivity contribution in [1.29, 1.82) is 0 Å². The molecule has 100 valence electrons. The Balaban J connectivity index is 2.66. The van der Waals surface area contributed by atoms with Gasteiger partial charge in [0.15, 0.2) is 0 Å². The van der Waals surface area contributed by atoms with E-state index in [2.05, 4.69) is 21.2 Å². The van der Waals surface area contributed by atoms with E-state index in [0.29, 0.717) is 11.1 Å². The molecule has 19 heavy (non-hydrogen) atoms. The molecule has 0 spiro atoms. The van der Waals surface area contributed by atoms with Crippen LogP contribution >= 0.6 is 15.9 Å². The van der Waals surface area contributed by atoms with Crippen molar-refractivity contribution in [2.24, 2.45) is 0 Å². The lowest BCUT2D eigenvalue weighted by atomic mass is 9.95. The molecule has 1 unspecified atom stereocenters. The second-order valence-corrected chi connectivity index (χ2v) is 5.28. The van der Waals surface area contributed by atoms with Gasteiger partial charge in [0.1, 0.15) is 11.6 Å². The normalized spacial score (nSPS) is 12.5. The number of rotatable bonds is 3. The van der Waals surface area contributed by atoms with Gasteiger partial charge >= 0.3 is 0 Å². The van der Waals surface area contributed by atoms with Gasteiger partial charge in [-0.25, -0.2) is 8.78 Å². The van der Waals surface area contributed by atoms with Crippen LogP contribution in [0.25, 0.3) is 11.1 Å². The summed E-state index contributed by atoms with van der Waals surface area (Å²) >= 11 is 3.31. The van der Waals surface area contributed by atoms with E-state index in [-0.39, 0.29) is 17.7 Å². The van der Waals surface area contributed by atoms with Gasteiger partial charge in [-0.3, -0.25) is 0 Å². The number of halogens is 3. The van der Waals surface area contributed by atoms with Gasteiger partial charge in [-0.1, -0.05) is 22.0 Å². The largest absolute Gasteiger partial charge is 0.313 e. The zero-order valence-corrected chi connectivity index (χ0v) is 12.3. The fourth-order valence-electron chi connectivity index (χ4n) is 2.00. The maximum atomic E-state index is 14.0. The Kier molecular flexibility index (Phi) is 4.32. The molecule has 0 amide bonds. The van der Waals surface area contributed by atoms with Crippen molar-refractivity contribution in [3.63, 3.8) is 0 Å². The van der Waals surface area contributed by atoms with Gasteiger partial charge in [0.2, 0.25) is 0 Å². The first kappa shape index (κ1) is 14.2. The third-order valence-corrected chi connectivity index (χ3v) is 3.63. The predicted octanol–water partition coefficient (Wildman–Crippen LogP) is 4.67. The van der Waals surface area contributed by atoms with Gasteiger partial charge in [-0.15, -0.1) is 0 Å². The lowest BCUT2D eigenvalue weighted by Gasteiger charge is -2.17. The monoisotopic (exact) mass is 325 g/mol. The first-order chi connectivity index (χ1) is 9.02. The third-order valence-electron chi connectivity index (χ3n) is 3.13. The van der Waals surface area contributed by atoms with Crippen LogP contribution in [0, 0.1) is 11.6 Å². The molecule has 0 saturated carbocycles. The number of hydrogen-bond acceptors (Lipinski definition) is 1. The Bertz CT molecular complexity index is 599. The SMILES string of the molecule is CNC(C)c1ccc(F)cc1-c1cc(Br)ccc1F. The molecule has 1 N–H and O–H groups in total. The van der Waals surface area contributed by atoms with Crippen molar-refractivity contribution in [2.75, 3.05) is 7.05 Å². The number of nitrogens with one attached hydrogen (secondary N) is 1. The minimum Gasteiger partial charge on any atom is -0.313 e. The van der Waals surface area contributed by atoms with E-state index in [9.17, 15) is 8.78 Å². The molecule has 0 bridgehead atoms. The molecule has 0 aliphatic rings. The fraction of sp³-hybridized carbons (Fsp3) is 0.200. The summed E-state index contributed by atoms with van der Waals surface area (Å²) in [6.07, 6.45) is 0. The Morgan fingerprint density at radius 1 is 1.05 bits per heavy atom. The minimum absolute atomic E-state index is 0.00832. The molecule has 0 radical (unpaired) electrons. The van der Waals surface area contributed by atoms with Crippen molar-refractivity contribution in [1.82, 2.24) is 5.32 Å². The standard InChI is InChI=1S/C15H14BrF2N/c1-9(19-2)12-5-4-11(17)8-13(12)14-7-10(16)3-6-15(14)18/h3-9,19H,1-2H3. The first-order valence-corrected chi connectivity index (χ1v) is 6.74. The van der Waals surface area contributed by atoms with Crippen molar-refractivity contribution >= 4 is 15.9 Å². The van der Waals surface area contributed by atoms with Crippen LogP contribution in [-0.2, 0) is 0 Å². The molecule has 0 aliphatic heterocycles. The molecule has 0 heterocycles. The van der Waals surface area contributed by atoms with E-state index < -0.39 is 0 Å². The molecule has 0 fully saturated rings. The van der Waals surface area contributed by atoms with Crippen LogP contribution in [0.5, 0.6) is 0 Å². The van der Waals surface area contributed by atoms with Crippen LogP contribution in [0.3, 0.4) is 0 Å². The second kappa shape index (κ2) is 5.80. The topological polar surface area (TPSA) is 12.0 Å². The van der Waals surface area contributed by atoms with Crippen molar-refractivity contribution in [2.45, 2.75) is 13.0 Å². The smallest absolute Gasteiger partial charge is 0.131 e. The van der Waals surface area contributed by atoms with Gasteiger partial charge in [0, 0.05) is 16.1 Å². The Morgan fingerprint density at radius 3 is 2.47 bits per heavy atom. The predicted molar refractivity (Wildman–Crippen MR) is 77.0 cm³/mol. The fourth-order valence-corrected chi connectivity index (χ4v) is 2.36. The van der Waals surface area contributed by atoms with Crippen LogP contribution in [0.2, 0.25) is 0 Å². The molecule has 0 aromatic heterocycles. The summed E-state index contributed by atoms with van der Waals surface area (Å²) in [7, 11) is 1.81. The van der Waals surface area contributed by atoms with Gasteiger partial charge in [0.05, 0.1) is 0 Å². The van der Waals surface area contributed by atoms with E-state index in [1.165, 1.54) is 18.2 Å². The lowest BCUT2D eigenvalue weighted by molar-refractivity contribution is 0.615. The van der Waals surface area contributed by atoms with Crippen LogP contribution in [0.15, 0.2) is 40.9 Å². The van der Waals surface area contributed by atoms with E-state index in [0.717, 1.165) is 10.0 Å². The first-order valence-electron chi connectivity index (χ1n) is 5.95. The number of hydrogen-bond donors (Lipinski definition) is 1. The molecule has 2 aromatic carbocycles.